The van der Waals surface area contributed by atoms with Gasteiger partial charge in [0, 0.05) is 17.1 Å². The fraction of sp³-hybridized carbons (Fsp3) is 0.455. The zero-order chi connectivity index (χ0) is 14.8. The van der Waals surface area contributed by atoms with E-state index < -0.39 is 32.2 Å². The summed E-state index contributed by atoms with van der Waals surface area (Å²) in [6.45, 7) is 2.86. The van der Waals surface area contributed by atoms with Gasteiger partial charge >= 0.3 is 0 Å². The number of hydrogen-bond donors (Lipinski definition) is 2. The minimum absolute atomic E-state index is 0.214. The lowest BCUT2D eigenvalue weighted by Gasteiger charge is -2.21. The maximum absolute atomic E-state index is 13.6. The molecule has 1 rings (SSSR count). The summed E-state index contributed by atoms with van der Waals surface area (Å²) >= 11 is 2.81. The van der Waals surface area contributed by atoms with E-state index in [9.17, 15) is 22.3 Å². The molecule has 0 radical (unpaired) electrons. The number of hydrogen-bond acceptors (Lipinski definition) is 3. The maximum atomic E-state index is 13.6. The smallest absolute Gasteiger partial charge is 0.244 e. The van der Waals surface area contributed by atoms with Crippen LogP contribution in [-0.4, -0.2) is 25.7 Å². The Balaban J connectivity index is 3.09. The highest BCUT2D eigenvalue weighted by molar-refractivity contribution is 9.10. The lowest BCUT2D eigenvalue weighted by Crippen LogP contribution is -2.40. The molecule has 1 aromatic carbocycles. The van der Waals surface area contributed by atoms with E-state index in [1.807, 2.05) is 0 Å². The van der Waals surface area contributed by atoms with Gasteiger partial charge in [0.25, 0.3) is 0 Å². The molecule has 108 valence electrons. The molecule has 2 N–H and O–H groups in total. The summed E-state index contributed by atoms with van der Waals surface area (Å²) in [6.07, 6.45) is 0.322. The third-order valence-corrected chi connectivity index (χ3v) is 5.00. The second-order valence-corrected chi connectivity index (χ2v) is 6.93. The van der Waals surface area contributed by atoms with Crippen LogP contribution in [0.3, 0.4) is 0 Å². The van der Waals surface area contributed by atoms with Gasteiger partial charge in [0.15, 0.2) is 0 Å². The lowest BCUT2D eigenvalue weighted by molar-refractivity contribution is 0.0613. The Hall–Kier alpha value is -0.570. The molecule has 0 heterocycles. The minimum atomic E-state index is -4.18. The fourth-order valence-electron chi connectivity index (χ4n) is 1.23. The van der Waals surface area contributed by atoms with Crippen molar-refractivity contribution in [3.8, 4) is 0 Å². The van der Waals surface area contributed by atoms with Crippen molar-refractivity contribution >= 4 is 26.0 Å². The molecule has 1 unspecified atom stereocenters. The Kier molecular flexibility index (Phi) is 5.05. The van der Waals surface area contributed by atoms with Gasteiger partial charge in [-0.25, -0.2) is 21.9 Å². The molecule has 0 bridgehead atoms. The monoisotopic (exact) mass is 357 g/mol. The van der Waals surface area contributed by atoms with Gasteiger partial charge in [0.2, 0.25) is 10.0 Å². The molecule has 0 aliphatic carbocycles. The van der Waals surface area contributed by atoms with E-state index in [0.717, 1.165) is 6.07 Å². The summed E-state index contributed by atoms with van der Waals surface area (Å²) in [6, 6.07) is 1.34. The normalized spacial score (nSPS) is 15.3. The number of benzene rings is 1. The van der Waals surface area contributed by atoms with Gasteiger partial charge in [-0.05, 0) is 35.3 Å². The highest BCUT2D eigenvalue weighted by atomic mass is 79.9. The molecule has 1 aromatic rings. The van der Waals surface area contributed by atoms with Gasteiger partial charge in [-0.2, -0.15) is 0 Å². The minimum Gasteiger partial charge on any atom is -0.389 e. The van der Waals surface area contributed by atoms with Gasteiger partial charge in [-0.1, -0.05) is 6.92 Å². The summed E-state index contributed by atoms with van der Waals surface area (Å²) in [5, 5.41) is 9.72. The standard InChI is InChI=1S/C11H14BrF2NO3S/c1-3-11(2,16)6-15-19(17,18)10-8(12)4-7(13)5-9(10)14/h4-5,15-16H,3,6H2,1-2H3. The average molecular weight is 358 g/mol. The Labute approximate surface area is 119 Å². The molecule has 1 atom stereocenters. The Morgan fingerprint density at radius 2 is 2.00 bits per heavy atom. The van der Waals surface area contributed by atoms with Crippen LogP contribution >= 0.6 is 15.9 Å². The summed E-state index contributed by atoms with van der Waals surface area (Å²) in [5.41, 5.74) is -1.24. The molecule has 0 aromatic heterocycles. The number of rotatable bonds is 5. The van der Waals surface area contributed by atoms with Crippen LogP contribution in [0.25, 0.3) is 0 Å². The maximum Gasteiger partial charge on any atom is 0.244 e. The molecule has 0 amide bonds. The first kappa shape index (κ1) is 16.5. The third-order valence-electron chi connectivity index (χ3n) is 2.64. The van der Waals surface area contributed by atoms with Crippen molar-refractivity contribution in [2.24, 2.45) is 0 Å². The van der Waals surface area contributed by atoms with E-state index in [0.29, 0.717) is 12.5 Å². The van der Waals surface area contributed by atoms with Gasteiger partial charge in [-0.15, -0.1) is 0 Å². The summed E-state index contributed by atoms with van der Waals surface area (Å²) in [5.74, 6) is -2.08. The molecule has 0 saturated carbocycles. The first-order chi connectivity index (χ1) is 8.59. The summed E-state index contributed by atoms with van der Waals surface area (Å²) in [7, 11) is -4.18. The highest BCUT2D eigenvalue weighted by Gasteiger charge is 2.27. The van der Waals surface area contributed by atoms with E-state index >= 15 is 0 Å². The zero-order valence-corrected chi connectivity index (χ0v) is 12.8. The Bertz CT molecular complexity index is 552. The van der Waals surface area contributed by atoms with E-state index in [-0.39, 0.29) is 11.0 Å². The molecule has 19 heavy (non-hydrogen) atoms. The van der Waals surface area contributed by atoms with E-state index in [1.54, 1.807) is 6.92 Å². The summed E-state index contributed by atoms with van der Waals surface area (Å²) in [4.78, 5) is -0.680. The second kappa shape index (κ2) is 5.82. The molecular weight excluding hydrogens is 344 g/mol. The first-order valence-corrected chi connectivity index (χ1v) is 7.73. The molecule has 0 spiro atoms. The molecule has 0 fully saturated rings. The van der Waals surface area contributed by atoms with E-state index in [2.05, 4.69) is 20.7 Å². The lowest BCUT2D eigenvalue weighted by atomic mass is 10.1. The average Bonchev–Trinajstić information content (AvgIpc) is 2.25. The summed E-state index contributed by atoms with van der Waals surface area (Å²) < 4.78 is 52.2. The number of nitrogens with one attached hydrogen (secondary N) is 1. The van der Waals surface area contributed by atoms with Crippen LogP contribution in [0, 0.1) is 11.6 Å². The first-order valence-electron chi connectivity index (χ1n) is 5.45. The molecule has 0 aliphatic rings. The Morgan fingerprint density at radius 3 is 2.47 bits per heavy atom. The van der Waals surface area contributed by atoms with Crippen LogP contribution in [-0.2, 0) is 10.0 Å². The van der Waals surface area contributed by atoms with Gasteiger partial charge in [0.1, 0.15) is 16.5 Å². The SMILES string of the molecule is CCC(C)(O)CNS(=O)(=O)c1c(F)cc(F)cc1Br. The van der Waals surface area contributed by atoms with E-state index in [4.69, 9.17) is 0 Å². The molecule has 4 nitrogen and oxygen atoms in total. The van der Waals surface area contributed by atoms with Crippen LogP contribution < -0.4 is 4.72 Å². The quantitative estimate of drug-likeness (QED) is 0.848. The Morgan fingerprint density at radius 1 is 1.42 bits per heavy atom. The highest BCUT2D eigenvalue weighted by Crippen LogP contribution is 2.26. The predicted octanol–water partition coefficient (Wildman–Crippen LogP) is 2.17. The largest absolute Gasteiger partial charge is 0.389 e. The van der Waals surface area contributed by atoms with Crippen molar-refractivity contribution < 1.29 is 22.3 Å². The molecular formula is C11H14BrF2NO3S. The van der Waals surface area contributed by atoms with Crippen LogP contribution in [0.2, 0.25) is 0 Å². The molecule has 0 aliphatic heterocycles. The third kappa shape index (κ3) is 4.20. The van der Waals surface area contributed by atoms with Gasteiger partial charge < -0.3 is 5.11 Å². The van der Waals surface area contributed by atoms with Crippen LogP contribution in [0.4, 0.5) is 8.78 Å². The van der Waals surface area contributed by atoms with Crippen molar-refractivity contribution in [1.29, 1.82) is 0 Å². The van der Waals surface area contributed by atoms with Crippen molar-refractivity contribution in [2.75, 3.05) is 6.54 Å². The second-order valence-electron chi connectivity index (χ2n) is 4.37. The number of sulfonamides is 1. The molecule has 8 heteroatoms. The van der Waals surface area contributed by atoms with Crippen molar-refractivity contribution in [2.45, 2.75) is 30.8 Å². The van der Waals surface area contributed by atoms with Gasteiger partial charge in [0.05, 0.1) is 5.60 Å². The fourth-order valence-corrected chi connectivity index (χ4v) is 3.56. The zero-order valence-electron chi connectivity index (χ0n) is 10.4. The van der Waals surface area contributed by atoms with Crippen molar-refractivity contribution in [3.63, 3.8) is 0 Å². The number of halogens is 3. The van der Waals surface area contributed by atoms with Crippen molar-refractivity contribution in [1.82, 2.24) is 4.72 Å². The molecule has 0 saturated heterocycles. The predicted molar refractivity (Wildman–Crippen MR) is 70.2 cm³/mol. The van der Waals surface area contributed by atoms with Crippen LogP contribution in [0.5, 0.6) is 0 Å². The topological polar surface area (TPSA) is 66.4 Å². The van der Waals surface area contributed by atoms with Crippen molar-refractivity contribution in [3.05, 3.63) is 28.2 Å². The van der Waals surface area contributed by atoms with E-state index in [1.165, 1.54) is 6.92 Å². The number of aliphatic hydroxyl groups is 1. The van der Waals surface area contributed by atoms with Crippen LogP contribution in [0.1, 0.15) is 20.3 Å². The van der Waals surface area contributed by atoms with Gasteiger partial charge in [-0.3, -0.25) is 0 Å². The van der Waals surface area contributed by atoms with Crippen LogP contribution in [0.15, 0.2) is 21.5 Å².